The molecular weight excluding hydrogens is 216 g/mol. The molecule has 0 saturated carbocycles. The van der Waals surface area contributed by atoms with Crippen LogP contribution in [0.15, 0.2) is 53.4 Å². The number of fused-ring (bicyclic) bond motifs is 2. The lowest BCUT2D eigenvalue weighted by Crippen LogP contribution is -2.25. The van der Waals surface area contributed by atoms with Crippen LogP contribution in [0.4, 0.5) is 0 Å². The Morgan fingerprint density at radius 3 is 3.00 bits per heavy atom. The van der Waals surface area contributed by atoms with Crippen LogP contribution < -0.4 is 10.6 Å². The van der Waals surface area contributed by atoms with Gasteiger partial charge in [0.05, 0.1) is 11.1 Å². The average molecular weight is 226 g/mol. The Bertz CT molecular complexity index is 658. The molecule has 17 heavy (non-hydrogen) atoms. The van der Waals surface area contributed by atoms with E-state index in [1.54, 1.807) is 18.5 Å². The van der Waals surface area contributed by atoms with Crippen LogP contribution in [0, 0.1) is 5.92 Å². The molecule has 1 aromatic rings. The van der Waals surface area contributed by atoms with Gasteiger partial charge in [0.2, 0.25) is 0 Å². The maximum Gasteiger partial charge on any atom is 0.316 e. The molecule has 0 aliphatic carbocycles. The van der Waals surface area contributed by atoms with Crippen molar-refractivity contribution < 1.29 is 9.90 Å². The Kier molecular flexibility index (Phi) is 2.08. The quantitative estimate of drug-likeness (QED) is 0.755. The summed E-state index contributed by atoms with van der Waals surface area (Å²) in [5.41, 5.74) is 0.675. The van der Waals surface area contributed by atoms with Crippen LogP contribution in [0.1, 0.15) is 0 Å². The number of hydrogen-bond acceptors (Lipinski definition) is 3. The van der Waals surface area contributed by atoms with Crippen molar-refractivity contribution in [2.75, 3.05) is 0 Å². The summed E-state index contributed by atoms with van der Waals surface area (Å²) in [4.78, 5) is 17.2. The molecule has 1 aromatic carbocycles. The minimum atomic E-state index is -0.857. The second-order valence-electron chi connectivity index (χ2n) is 3.94. The molecule has 4 nitrogen and oxygen atoms in total. The Balaban J connectivity index is 2.17. The van der Waals surface area contributed by atoms with Gasteiger partial charge in [-0.3, -0.25) is 9.79 Å². The molecule has 1 atom stereocenters. The van der Waals surface area contributed by atoms with Crippen LogP contribution in [0.5, 0.6) is 0 Å². The maximum absolute atomic E-state index is 11.1. The van der Waals surface area contributed by atoms with E-state index in [2.05, 4.69) is 4.99 Å². The van der Waals surface area contributed by atoms with E-state index in [0.717, 1.165) is 10.6 Å². The zero-order valence-corrected chi connectivity index (χ0v) is 8.95. The number of benzene rings is 1. The summed E-state index contributed by atoms with van der Waals surface area (Å²) < 4.78 is 0. The van der Waals surface area contributed by atoms with Gasteiger partial charge >= 0.3 is 5.97 Å². The number of carboxylic acid groups (broad SMARTS) is 1. The summed E-state index contributed by atoms with van der Waals surface area (Å²) in [7, 11) is 0. The van der Waals surface area contributed by atoms with Crippen LogP contribution in [-0.2, 0) is 4.79 Å². The monoisotopic (exact) mass is 226 g/mol. The average Bonchev–Trinajstić information content (AvgIpc) is 2.63. The molecule has 1 N–H and O–H groups in total. The van der Waals surface area contributed by atoms with Gasteiger partial charge in [-0.2, -0.15) is 0 Å². The third-order valence-electron chi connectivity index (χ3n) is 2.87. The van der Waals surface area contributed by atoms with Crippen molar-refractivity contribution in [3.63, 3.8) is 0 Å². The third-order valence-corrected chi connectivity index (χ3v) is 2.87. The van der Waals surface area contributed by atoms with E-state index in [9.17, 15) is 4.79 Å². The molecule has 0 radical (unpaired) electrons. The van der Waals surface area contributed by atoms with Gasteiger partial charge in [-0.15, -0.1) is 0 Å². The molecule has 0 bridgehead atoms. The summed E-state index contributed by atoms with van der Waals surface area (Å²) in [5.74, 6) is -1.46. The SMILES string of the molecule is O=C(O)C1C=CN2C=c3ccccc3=NC=C12. The van der Waals surface area contributed by atoms with E-state index < -0.39 is 11.9 Å². The predicted octanol–water partition coefficient (Wildman–Crippen LogP) is 0.429. The molecular formula is C13H10N2O2. The predicted molar refractivity (Wildman–Crippen MR) is 61.9 cm³/mol. The fourth-order valence-corrected chi connectivity index (χ4v) is 2.00. The highest BCUT2D eigenvalue weighted by molar-refractivity contribution is 5.77. The first-order valence-electron chi connectivity index (χ1n) is 5.30. The molecule has 0 fully saturated rings. The van der Waals surface area contributed by atoms with Crippen LogP contribution in [0.25, 0.3) is 6.20 Å². The summed E-state index contributed by atoms with van der Waals surface area (Å²) in [6.07, 6.45) is 6.95. The topological polar surface area (TPSA) is 52.9 Å². The van der Waals surface area contributed by atoms with Crippen molar-refractivity contribution in [2.45, 2.75) is 0 Å². The van der Waals surface area contributed by atoms with Gasteiger partial charge in [0.1, 0.15) is 5.92 Å². The lowest BCUT2D eigenvalue weighted by atomic mass is 10.1. The second kappa shape index (κ2) is 3.59. The zero-order chi connectivity index (χ0) is 11.8. The van der Waals surface area contributed by atoms with Gasteiger partial charge in [0, 0.05) is 23.8 Å². The first kappa shape index (κ1) is 9.84. The normalized spacial score (nSPS) is 20.6. The van der Waals surface area contributed by atoms with Crippen molar-refractivity contribution >= 4 is 12.2 Å². The Morgan fingerprint density at radius 2 is 2.18 bits per heavy atom. The largest absolute Gasteiger partial charge is 0.481 e. The number of aliphatic carboxylic acids is 1. The molecule has 84 valence electrons. The molecule has 1 unspecified atom stereocenters. The summed E-state index contributed by atoms with van der Waals surface area (Å²) in [5, 5.41) is 10.9. The lowest BCUT2D eigenvalue weighted by molar-refractivity contribution is -0.139. The van der Waals surface area contributed by atoms with Crippen molar-refractivity contribution in [3.8, 4) is 0 Å². The minimum Gasteiger partial charge on any atom is -0.481 e. The standard InChI is InChI=1S/C13H10N2O2/c16-13(17)10-5-6-15-8-9-3-1-2-4-11(9)14-7-12(10)15/h1-8,10H,(H,16,17). The van der Waals surface area contributed by atoms with E-state index >= 15 is 0 Å². The zero-order valence-electron chi connectivity index (χ0n) is 8.95. The van der Waals surface area contributed by atoms with E-state index in [1.165, 1.54) is 0 Å². The first-order chi connectivity index (χ1) is 8.25. The van der Waals surface area contributed by atoms with Crippen LogP contribution in [-0.4, -0.2) is 16.0 Å². The molecule has 0 amide bonds. The highest BCUT2D eigenvalue weighted by atomic mass is 16.4. The Morgan fingerprint density at radius 1 is 1.35 bits per heavy atom. The van der Waals surface area contributed by atoms with Gasteiger partial charge in [0.25, 0.3) is 0 Å². The fourth-order valence-electron chi connectivity index (χ4n) is 2.00. The van der Waals surface area contributed by atoms with Crippen LogP contribution in [0.3, 0.4) is 0 Å². The summed E-state index contributed by atoms with van der Waals surface area (Å²) in [6, 6.07) is 7.71. The summed E-state index contributed by atoms with van der Waals surface area (Å²) in [6.45, 7) is 0. The van der Waals surface area contributed by atoms with E-state index in [0.29, 0.717) is 5.70 Å². The molecule has 2 aliphatic rings. The van der Waals surface area contributed by atoms with Crippen LogP contribution in [0.2, 0.25) is 0 Å². The molecule has 0 aromatic heterocycles. The Hall–Kier alpha value is -2.36. The van der Waals surface area contributed by atoms with Gasteiger partial charge in [-0.1, -0.05) is 18.2 Å². The number of nitrogens with zero attached hydrogens (tertiary/aromatic N) is 2. The molecule has 3 rings (SSSR count). The van der Waals surface area contributed by atoms with Crippen molar-refractivity contribution in [1.82, 2.24) is 4.90 Å². The molecule has 2 aliphatic heterocycles. The smallest absolute Gasteiger partial charge is 0.316 e. The van der Waals surface area contributed by atoms with Gasteiger partial charge < -0.3 is 10.0 Å². The van der Waals surface area contributed by atoms with E-state index in [1.807, 2.05) is 35.4 Å². The minimum absolute atomic E-state index is 0.607. The van der Waals surface area contributed by atoms with E-state index in [4.69, 9.17) is 5.11 Å². The number of carboxylic acids is 1. The first-order valence-corrected chi connectivity index (χ1v) is 5.30. The fraction of sp³-hybridized carbons (Fsp3) is 0.0769. The molecule has 2 heterocycles. The Labute approximate surface area is 97.5 Å². The molecule has 0 spiro atoms. The number of carbonyl (C=O) groups is 1. The van der Waals surface area contributed by atoms with Gasteiger partial charge in [0.15, 0.2) is 0 Å². The number of rotatable bonds is 1. The number of para-hydroxylation sites is 1. The molecule has 0 saturated heterocycles. The third kappa shape index (κ3) is 1.54. The highest BCUT2D eigenvalue weighted by Gasteiger charge is 2.28. The number of hydrogen-bond donors (Lipinski definition) is 1. The highest BCUT2D eigenvalue weighted by Crippen LogP contribution is 2.26. The van der Waals surface area contributed by atoms with Gasteiger partial charge in [-0.25, -0.2) is 0 Å². The van der Waals surface area contributed by atoms with Crippen LogP contribution >= 0.6 is 0 Å². The van der Waals surface area contributed by atoms with Crippen molar-refractivity contribution in [3.05, 3.63) is 59.0 Å². The summed E-state index contributed by atoms with van der Waals surface area (Å²) >= 11 is 0. The van der Waals surface area contributed by atoms with Crippen molar-refractivity contribution in [2.24, 2.45) is 10.9 Å². The second-order valence-corrected chi connectivity index (χ2v) is 3.94. The van der Waals surface area contributed by atoms with Gasteiger partial charge in [-0.05, 0) is 12.1 Å². The lowest BCUT2D eigenvalue weighted by Gasteiger charge is -2.14. The molecule has 4 heteroatoms. The maximum atomic E-state index is 11.1. The van der Waals surface area contributed by atoms with E-state index in [-0.39, 0.29) is 0 Å². The van der Waals surface area contributed by atoms with Crippen molar-refractivity contribution in [1.29, 1.82) is 0 Å².